The molecular formula is C23H24N2O4. The minimum absolute atomic E-state index is 0.0877. The number of carbonyl (C=O) groups excluding carboxylic acids is 1. The van der Waals surface area contributed by atoms with Crippen LogP contribution in [0.25, 0.3) is 10.8 Å². The molecule has 0 spiro atoms. The first-order valence-electron chi connectivity index (χ1n) is 9.49. The number of carboxylic acid groups (broad SMARTS) is 1. The van der Waals surface area contributed by atoms with E-state index in [1.165, 1.54) is 0 Å². The van der Waals surface area contributed by atoms with Crippen LogP contribution in [0.1, 0.15) is 52.5 Å². The quantitative estimate of drug-likeness (QED) is 0.588. The fourth-order valence-electron chi connectivity index (χ4n) is 3.51. The van der Waals surface area contributed by atoms with E-state index in [9.17, 15) is 9.59 Å². The summed E-state index contributed by atoms with van der Waals surface area (Å²) in [5.41, 5.74) is 3.67. The third-order valence-electron chi connectivity index (χ3n) is 4.93. The van der Waals surface area contributed by atoms with Crippen molar-refractivity contribution in [3.63, 3.8) is 0 Å². The Morgan fingerprint density at radius 1 is 1.14 bits per heavy atom. The first-order chi connectivity index (χ1) is 13.8. The minimum atomic E-state index is -1.08. The Morgan fingerprint density at radius 3 is 2.55 bits per heavy atom. The van der Waals surface area contributed by atoms with E-state index in [1.54, 1.807) is 25.3 Å². The molecule has 0 radical (unpaired) electrons. The van der Waals surface area contributed by atoms with E-state index < -0.39 is 6.09 Å². The highest BCUT2D eigenvalue weighted by Crippen LogP contribution is 2.31. The van der Waals surface area contributed by atoms with Crippen molar-refractivity contribution < 1.29 is 19.4 Å². The lowest BCUT2D eigenvalue weighted by Gasteiger charge is -2.15. The number of amides is 1. The maximum Gasteiger partial charge on any atom is 0.405 e. The van der Waals surface area contributed by atoms with E-state index in [2.05, 4.69) is 10.3 Å². The second-order valence-corrected chi connectivity index (χ2v) is 6.98. The van der Waals surface area contributed by atoms with Crippen molar-refractivity contribution in [1.29, 1.82) is 0 Å². The highest BCUT2D eigenvalue weighted by Gasteiger charge is 2.19. The van der Waals surface area contributed by atoms with Crippen LogP contribution < -0.4 is 10.1 Å². The number of rotatable bonds is 6. The largest absolute Gasteiger partial charge is 0.478 e. The van der Waals surface area contributed by atoms with Gasteiger partial charge < -0.3 is 15.2 Å². The molecule has 0 fully saturated rings. The number of aromatic nitrogens is 1. The Labute approximate surface area is 169 Å². The van der Waals surface area contributed by atoms with E-state index in [1.807, 2.05) is 45.0 Å². The average molecular weight is 392 g/mol. The van der Waals surface area contributed by atoms with Gasteiger partial charge >= 0.3 is 6.09 Å². The van der Waals surface area contributed by atoms with Crippen molar-refractivity contribution in [2.45, 2.75) is 33.7 Å². The maximum atomic E-state index is 13.4. The summed E-state index contributed by atoms with van der Waals surface area (Å²) < 4.78 is 5.63. The molecule has 1 atom stereocenters. The van der Waals surface area contributed by atoms with E-state index in [-0.39, 0.29) is 11.8 Å². The zero-order valence-electron chi connectivity index (χ0n) is 16.9. The summed E-state index contributed by atoms with van der Waals surface area (Å²) in [5.74, 6) is 0.429. The van der Waals surface area contributed by atoms with Crippen LogP contribution in [0.15, 0.2) is 42.6 Å². The minimum Gasteiger partial charge on any atom is -0.478 e. The van der Waals surface area contributed by atoms with Crippen molar-refractivity contribution in [3.8, 4) is 5.88 Å². The van der Waals surface area contributed by atoms with Gasteiger partial charge in [0.1, 0.15) is 0 Å². The third kappa shape index (κ3) is 4.06. The topological polar surface area (TPSA) is 88.5 Å². The summed E-state index contributed by atoms with van der Waals surface area (Å²) in [4.78, 5) is 28.6. The number of benzene rings is 2. The highest BCUT2D eigenvalue weighted by atomic mass is 16.5. The smallest absolute Gasteiger partial charge is 0.405 e. The Morgan fingerprint density at radius 2 is 1.90 bits per heavy atom. The number of hydrogen-bond acceptors (Lipinski definition) is 4. The molecule has 0 saturated carbocycles. The SMILES string of the molecule is CCOc1ncc(C)c2c(C(=O)c3ccc([C@H](C)NC(=O)O)cc3C)cccc12. The Balaban J connectivity index is 2.06. The third-order valence-corrected chi connectivity index (χ3v) is 4.93. The van der Waals surface area contributed by atoms with E-state index in [4.69, 9.17) is 9.84 Å². The van der Waals surface area contributed by atoms with Gasteiger partial charge in [0.2, 0.25) is 5.88 Å². The Kier molecular flexibility index (Phi) is 5.82. The van der Waals surface area contributed by atoms with Gasteiger partial charge in [-0.1, -0.05) is 30.3 Å². The molecule has 1 aromatic heterocycles. The fourth-order valence-corrected chi connectivity index (χ4v) is 3.51. The van der Waals surface area contributed by atoms with Crippen LogP contribution in [0.4, 0.5) is 4.79 Å². The molecule has 150 valence electrons. The molecule has 0 bridgehead atoms. The molecule has 2 aromatic carbocycles. The molecule has 0 aliphatic carbocycles. The predicted octanol–water partition coefficient (Wildman–Crippen LogP) is 4.81. The summed E-state index contributed by atoms with van der Waals surface area (Å²) >= 11 is 0. The molecule has 2 N–H and O–H groups in total. The van der Waals surface area contributed by atoms with Gasteiger partial charge in [0, 0.05) is 28.1 Å². The molecule has 0 aliphatic heterocycles. The zero-order valence-corrected chi connectivity index (χ0v) is 16.9. The first kappa shape index (κ1) is 20.3. The summed E-state index contributed by atoms with van der Waals surface area (Å²) in [6, 6.07) is 10.6. The number of ketones is 1. The molecule has 1 amide bonds. The van der Waals surface area contributed by atoms with E-state index in [0.717, 1.165) is 27.5 Å². The van der Waals surface area contributed by atoms with E-state index in [0.29, 0.717) is 23.6 Å². The number of pyridine rings is 1. The molecule has 0 unspecified atom stereocenters. The van der Waals surface area contributed by atoms with Crippen LogP contribution in [0.2, 0.25) is 0 Å². The lowest BCUT2D eigenvalue weighted by molar-refractivity contribution is 0.103. The molecule has 6 heteroatoms. The molecule has 3 aromatic rings. The maximum absolute atomic E-state index is 13.4. The monoisotopic (exact) mass is 392 g/mol. The number of nitrogens with one attached hydrogen (secondary N) is 1. The first-order valence-corrected chi connectivity index (χ1v) is 9.49. The lowest BCUT2D eigenvalue weighted by atomic mass is 9.92. The van der Waals surface area contributed by atoms with Crippen molar-refractivity contribution in [3.05, 3.63) is 70.4 Å². The van der Waals surface area contributed by atoms with Gasteiger partial charge in [-0.05, 0) is 50.5 Å². The van der Waals surface area contributed by atoms with Gasteiger partial charge in [-0.2, -0.15) is 0 Å². The highest BCUT2D eigenvalue weighted by molar-refractivity contribution is 6.18. The second-order valence-electron chi connectivity index (χ2n) is 6.98. The molecule has 1 heterocycles. The summed E-state index contributed by atoms with van der Waals surface area (Å²) in [6.07, 6.45) is 0.638. The van der Waals surface area contributed by atoms with Gasteiger partial charge in [0.15, 0.2) is 5.78 Å². The van der Waals surface area contributed by atoms with E-state index >= 15 is 0 Å². The number of ether oxygens (including phenoxy) is 1. The predicted molar refractivity (Wildman–Crippen MR) is 112 cm³/mol. The average Bonchev–Trinajstić information content (AvgIpc) is 2.68. The number of aryl methyl sites for hydroxylation is 2. The van der Waals surface area contributed by atoms with Crippen molar-refractivity contribution in [2.75, 3.05) is 6.61 Å². The van der Waals surface area contributed by atoms with Crippen molar-refractivity contribution >= 4 is 22.6 Å². The van der Waals surface area contributed by atoms with Crippen molar-refractivity contribution in [2.24, 2.45) is 0 Å². The van der Waals surface area contributed by atoms with Crippen LogP contribution in [0.3, 0.4) is 0 Å². The summed E-state index contributed by atoms with van der Waals surface area (Å²) in [5, 5.41) is 13.0. The molecule has 0 saturated heterocycles. The lowest BCUT2D eigenvalue weighted by Crippen LogP contribution is -2.24. The molecular weight excluding hydrogens is 368 g/mol. The summed E-state index contributed by atoms with van der Waals surface area (Å²) in [7, 11) is 0. The number of hydrogen-bond donors (Lipinski definition) is 2. The summed E-state index contributed by atoms with van der Waals surface area (Å²) in [6.45, 7) is 7.94. The standard InChI is InChI=1S/C23H24N2O4/c1-5-29-22-19-8-6-7-18(20(19)14(3)12-24-22)21(26)17-10-9-16(11-13(17)2)15(4)25-23(27)28/h6-12,15,25H,5H2,1-4H3,(H,27,28)/t15-/m0/s1. The Hall–Kier alpha value is -3.41. The molecule has 29 heavy (non-hydrogen) atoms. The van der Waals surface area contributed by atoms with Gasteiger partial charge in [-0.25, -0.2) is 9.78 Å². The number of carbonyl (C=O) groups is 2. The van der Waals surface area contributed by atoms with Crippen LogP contribution >= 0.6 is 0 Å². The van der Waals surface area contributed by atoms with Gasteiger partial charge in [-0.15, -0.1) is 0 Å². The van der Waals surface area contributed by atoms with Crippen LogP contribution in [0.5, 0.6) is 5.88 Å². The van der Waals surface area contributed by atoms with Gasteiger partial charge in [0.25, 0.3) is 0 Å². The van der Waals surface area contributed by atoms with Gasteiger partial charge in [-0.3, -0.25) is 4.79 Å². The van der Waals surface area contributed by atoms with Crippen LogP contribution in [-0.4, -0.2) is 28.6 Å². The Bertz CT molecular complexity index is 1090. The molecule has 6 nitrogen and oxygen atoms in total. The normalized spacial score (nSPS) is 11.9. The number of fused-ring (bicyclic) bond motifs is 1. The number of nitrogens with zero attached hydrogens (tertiary/aromatic N) is 1. The molecule has 0 aliphatic rings. The van der Waals surface area contributed by atoms with Crippen LogP contribution in [0, 0.1) is 13.8 Å². The van der Waals surface area contributed by atoms with Gasteiger partial charge in [0.05, 0.1) is 12.6 Å². The van der Waals surface area contributed by atoms with Crippen molar-refractivity contribution in [1.82, 2.24) is 10.3 Å². The van der Waals surface area contributed by atoms with Crippen LogP contribution in [-0.2, 0) is 0 Å². The fraction of sp³-hybridized carbons (Fsp3) is 0.261. The second kappa shape index (κ2) is 8.31. The molecule has 3 rings (SSSR count). The zero-order chi connectivity index (χ0) is 21.1.